The van der Waals surface area contributed by atoms with Crippen LogP contribution in [0.1, 0.15) is 35.2 Å². The molecular formula is C16H22N2. The van der Waals surface area contributed by atoms with Gasteiger partial charge in [-0.15, -0.1) is 0 Å². The van der Waals surface area contributed by atoms with Crippen molar-refractivity contribution in [3.05, 3.63) is 34.5 Å². The minimum Gasteiger partial charge on any atom is -0.358 e. The van der Waals surface area contributed by atoms with E-state index in [1.165, 1.54) is 40.6 Å². The lowest BCUT2D eigenvalue weighted by atomic mass is 9.92. The quantitative estimate of drug-likeness (QED) is 0.849. The SMILES string of the molecule is CNCC1(c2c(C)[nH]c3c(C)cc(C)cc23)CC1. The van der Waals surface area contributed by atoms with Gasteiger partial charge in [-0.25, -0.2) is 0 Å². The molecule has 0 amide bonds. The van der Waals surface area contributed by atoms with E-state index in [9.17, 15) is 0 Å². The zero-order valence-corrected chi connectivity index (χ0v) is 11.8. The summed E-state index contributed by atoms with van der Waals surface area (Å²) in [5.41, 5.74) is 7.35. The van der Waals surface area contributed by atoms with Gasteiger partial charge in [0.1, 0.15) is 0 Å². The minimum absolute atomic E-state index is 0.386. The van der Waals surface area contributed by atoms with Gasteiger partial charge >= 0.3 is 0 Å². The van der Waals surface area contributed by atoms with Crippen molar-refractivity contribution in [2.45, 2.75) is 39.0 Å². The molecule has 0 aliphatic heterocycles. The summed E-state index contributed by atoms with van der Waals surface area (Å²) in [6.07, 6.45) is 2.63. The van der Waals surface area contributed by atoms with E-state index in [0.717, 1.165) is 6.54 Å². The van der Waals surface area contributed by atoms with Crippen LogP contribution in [-0.2, 0) is 5.41 Å². The van der Waals surface area contributed by atoms with Crippen molar-refractivity contribution in [3.63, 3.8) is 0 Å². The lowest BCUT2D eigenvalue weighted by Gasteiger charge is -2.15. The zero-order chi connectivity index (χ0) is 12.9. The highest BCUT2D eigenvalue weighted by atomic mass is 14.9. The predicted molar refractivity (Wildman–Crippen MR) is 77.3 cm³/mol. The van der Waals surface area contributed by atoms with Crippen LogP contribution in [0.25, 0.3) is 10.9 Å². The Kier molecular flexibility index (Phi) is 2.53. The molecule has 1 aromatic carbocycles. The molecule has 2 aromatic rings. The summed E-state index contributed by atoms with van der Waals surface area (Å²) in [6, 6.07) is 4.61. The first kappa shape index (κ1) is 11.8. The third-order valence-electron chi connectivity index (χ3n) is 4.34. The molecule has 18 heavy (non-hydrogen) atoms. The van der Waals surface area contributed by atoms with Crippen LogP contribution in [0.5, 0.6) is 0 Å². The van der Waals surface area contributed by atoms with Crippen molar-refractivity contribution in [1.82, 2.24) is 10.3 Å². The summed E-state index contributed by atoms with van der Waals surface area (Å²) in [6.45, 7) is 7.70. The molecular weight excluding hydrogens is 220 g/mol. The number of hydrogen-bond donors (Lipinski definition) is 2. The molecule has 0 atom stereocenters. The second kappa shape index (κ2) is 3.86. The van der Waals surface area contributed by atoms with Gasteiger partial charge in [-0.1, -0.05) is 11.6 Å². The van der Waals surface area contributed by atoms with Crippen molar-refractivity contribution in [1.29, 1.82) is 0 Å². The smallest absolute Gasteiger partial charge is 0.0489 e. The normalized spacial score (nSPS) is 17.3. The van der Waals surface area contributed by atoms with Gasteiger partial charge in [0.15, 0.2) is 0 Å². The number of likely N-dealkylation sites (N-methyl/N-ethyl adjacent to an activating group) is 1. The van der Waals surface area contributed by atoms with Crippen LogP contribution in [0.2, 0.25) is 0 Å². The van der Waals surface area contributed by atoms with Gasteiger partial charge in [0, 0.05) is 28.6 Å². The maximum atomic E-state index is 3.60. The monoisotopic (exact) mass is 242 g/mol. The maximum Gasteiger partial charge on any atom is 0.0489 e. The molecule has 1 heterocycles. The molecule has 1 fully saturated rings. The Balaban J connectivity index is 2.26. The molecule has 2 nitrogen and oxygen atoms in total. The van der Waals surface area contributed by atoms with Gasteiger partial charge in [-0.05, 0) is 57.9 Å². The Hall–Kier alpha value is -1.28. The molecule has 2 N–H and O–H groups in total. The van der Waals surface area contributed by atoms with Gasteiger partial charge in [-0.3, -0.25) is 0 Å². The van der Waals surface area contributed by atoms with Crippen LogP contribution in [-0.4, -0.2) is 18.6 Å². The lowest BCUT2D eigenvalue weighted by Crippen LogP contribution is -2.24. The fourth-order valence-electron chi connectivity index (χ4n) is 3.47. The first-order valence-corrected chi connectivity index (χ1v) is 6.82. The van der Waals surface area contributed by atoms with Crippen LogP contribution >= 0.6 is 0 Å². The van der Waals surface area contributed by atoms with E-state index in [2.05, 4.69) is 50.3 Å². The van der Waals surface area contributed by atoms with E-state index in [1.54, 1.807) is 5.56 Å². The zero-order valence-electron chi connectivity index (χ0n) is 11.8. The number of nitrogens with one attached hydrogen (secondary N) is 2. The van der Waals surface area contributed by atoms with Crippen LogP contribution < -0.4 is 5.32 Å². The van der Waals surface area contributed by atoms with Gasteiger partial charge in [-0.2, -0.15) is 0 Å². The summed E-state index contributed by atoms with van der Waals surface area (Å²) in [5.74, 6) is 0. The Morgan fingerprint density at radius 3 is 2.56 bits per heavy atom. The minimum atomic E-state index is 0.386. The molecule has 0 bridgehead atoms. The number of rotatable bonds is 3. The van der Waals surface area contributed by atoms with Crippen LogP contribution in [0.15, 0.2) is 12.1 Å². The number of aromatic nitrogens is 1. The van der Waals surface area contributed by atoms with E-state index in [-0.39, 0.29) is 0 Å². The van der Waals surface area contributed by atoms with Crippen molar-refractivity contribution in [2.24, 2.45) is 0 Å². The number of fused-ring (bicyclic) bond motifs is 1. The Bertz CT molecular complexity index is 603. The molecule has 1 aliphatic carbocycles. The van der Waals surface area contributed by atoms with Crippen LogP contribution in [0, 0.1) is 20.8 Å². The number of aromatic amines is 1. The van der Waals surface area contributed by atoms with E-state index in [1.807, 2.05) is 0 Å². The molecule has 0 saturated heterocycles. The topological polar surface area (TPSA) is 27.8 Å². The highest BCUT2D eigenvalue weighted by Gasteiger charge is 2.46. The molecule has 0 spiro atoms. The van der Waals surface area contributed by atoms with Crippen molar-refractivity contribution in [2.75, 3.05) is 13.6 Å². The van der Waals surface area contributed by atoms with Gasteiger partial charge in [0.2, 0.25) is 0 Å². The average molecular weight is 242 g/mol. The second-order valence-electron chi connectivity index (χ2n) is 5.94. The number of aryl methyl sites for hydroxylation is 3. The second-order valence-corrected chi connectivity index (χ2v) is 5.94. The first-order valence-electron chi connectivity index (χ1n) is 6.82. The number of benzene rings is 1. The molecule has 3 rings (SSSR count). The molecule has 1 aromatic heterocycles. The fraction of sp³-hybridized carbons (Fsp3) is 0.500. The predicted octanol–water partition coefficient (Wildman–Crippen LogP) is 3.34. The standard InChI is InChI=1S/C16H22N2/c1-10-7-11(2)15-13(8-10)14(12(3)18-15)16(5-6-16)9-17-4/h7-8,17-18H,5-6,9H2,1-4H3. The highest BCUT2D eigenvalue weighted by molar-refractivity contribution is 5.89. The van der Waals surface area contributed by atoms with Crippen molar-refractivity contribution >= 4 is 10.9 Å². The third-order valence-corrected chi connectivity index (χ3v) is 4.34. The van der Waals surface area contributed by atoms with Crippen LogP contribution in [0.4, 0.5) is 0 Å². The lowest BCUT2D eigenvalue weighted by molar-refractivity contribution is 0.625. The Morgan fingerprint density at radius 1 is 1.22 bits per heavy atom. The van der Waals surface area contributed by atoms with Gasteiger partial charge in [0.25, 0.3) is 0 Å². The Morgan fingerprint density at radius 2 is 1.94 bits per heavy atom. The number of hydrogen-bond acceptors (Lipinski definition) is 1. The van der Waals surface area contributed by atoms with E-state index in [0.29, 0.717) is 5.41 Å². The summed E-state index contributed by atoms with van der Waals surface area (Å²) < 4.78 is 0. The average Bonchev–Trinajstić information content (AvgIpc) is 2.96. The number of H-pyrrole nitrogens is 1. The summed E-state index contributed by atoms with van der Waals surface area (Å²) in [4.78, 5) is 3.60. The molecule has 2 heteroatoms. The largest absolute Gasteiger partial charge is 0.358 e. The fourth-order valence-corrected chi connectivity index (χ4v) is 3.47. The van der Waals surface area contributed by atoms with E-state index in [4.69, 9.17) is 0 Å². The first-order chi connectivity index (χ1) is 8.57. The summed E-state index contributed by atoms with van der Waals surface area (Å²) in [7, 11) is 2.06. The maximum absolute atomic E-state index is 3.60. The van der Waals surface area contributed by atoms with Gasteiger partial charge < -0.3 is 10.3 Å². The van der Waals surface area contributed by atoms with Gasteiger partial charge in [0.05, 0.1) is 0 Å². The van der Waals surface area contributed by atoms with E-state index >= 15 is 0 Å². The molecule has 0 unspecified atom stereocenters. The van der Waals surface area contributed by atoms with Crippen molar-refractivity contribution in [3.8, 4) is 0 Å². The Labute approximate surface area is 109 Å². The van der Waals surface area contributed by atoms with Crippen LogP contribution in [0.3, 0.4) is 0 Å². The van der Waals surface area contributed by atoms with Crippen molar-refractivity contribution < 1.29 is 0 Å². The summed E-state index contributed by atoms with van der Waals surface area (Å²) in [5, 5.41) is 4.81. The molecule has 1 aliphatic rings. The molecule has 96 valence electrons. The summed E-state index contributed by atoms with van der Waals surface area (Å²) >= 11 is 0. The molecule has 0 radical (unpaired) electrons. The highest BCUT2D eigenvalue weighted by Crippen LogP contribution is 2.51. The van der Waals surface area contributed by atoms with E-state index < -0.39 is 0 Å². The molecule has 1 saturated carbocycles. The third kappa shape index (κ3) is 1.59.